The zero-order valence-corrected chi connectivity index (χ0v) is 17.7. The molecule has 1 saturated heterocycles. The molecule has 1 saturated carbocycles. The molecule has 32 heavy (non-hydrogen) atoms. The summed E-state index contributed by atoms with van der Waals surface area (Å²) in [5.41, 5.74) is 1.94. The minimum atomic E-state index is -0.793. The number of pyridine rings is 1. The van der Waals surface area contributed by atoms with Crippen molar-refractivity contribution >= 4 is 5.91 Å². The van der Waals surface area contributed by atoms with Crippen LogP contribution in [-0.4, -0.2) is 43.0 Å². The van der Waals surface area contributed by atoms with Crippen molar-refractivity contribution in [2.75, 3.05) is 6.54 Å². The number of rotatable bonds is 3. The van der Waals surface area contributed by atoms with E-state index in [0.29, 0.717) is 24.2 Å². The van der Waals surface area contributed by atoms with E-state index in [2.05, 4.69) is 15.0 Å². The van der Waals surface area contributed by atoms with Crippen LogP contribution in [0.3, 0.4) is 0 Å². The molecule has 2 fully saturated rings. The Morgan fingerprint density at radius 1 is 1.09 bits per heavy atom. The van der Waals surface area contributed by atoms with Crippen LogP contribution in [0, 0.1) is 11.7 Å². The van der Waals surface area contributed by atoms with E-state index in [1.807, 2.05) is 4.90 Å². The van der Waals surface area contributed by atoms with Crippen LogP contribution in [0.2, 0.25) is 0 Å². The Morgan fingerprint density at radius 3 is 2.66 bits per heavy atom. The second kappa shape index (κ2) is 8.39. The summed E-state index contributed by atoms with van der Waals surface area (Å²) in [6.07, 6.45) is 10.5. The first kappa shape index (κ1) is 20.7. The normalized spacial score (nSPS) is 25.2. The van der Waals surface area contributed by atoms with Crippen molar-refractivity contribution in [1.29, 1.82) is 0 Å². The van der Waals surface area contributed by atoms with Gasteiger partial charge in [0.2, 0.25) is 0 Å². The molecule has 2 aromatic heterocycles. The number of piperidine rings is 1. The van der Waals surface area contributed by atoms with E-state index < -0.39 is 5.60 Å². The molecule has 3 atom stereocenters. The van der Waals surface area contributed by atoms with Crippen LogP contribution in [0.5, 0.6) is 0 Å². The second-order valence-electron chi connectivity index (χ2n) is 8.76. The van der Waals surface area contributed by atoms with Crippen LogP contribution in [0.4, 0.5) is 4.39 Å². The molecule has 3 aromatic rings. The van der Waals surface area contributed by atoms with E-state index in [9.17, 15) is 14.3 Å². The van der Waals surface area contributed by atoms with E-state index in [0.717, 1.165) is 36.8 Å². The third-order valence-electron chi connectivity index (χ3n) is 6.90. The number of carbonyl (C=O) groups excluding carboxylic acids is 1. The lowest BCUT2D eigenvalue weighted by molar-refractivity contribution is -0.115. The molecule has 1 N–H and O–H groups in total. The van der Waals surface area contributed by atoms with Crippen LogP contribution >= 0.6 is 0 Å². The van der Waals surface area contributed by atoms with Crippen LogP contribution < -0.4 is 0 Å². The highest BCUT2D eigenvalue weighted by molar-refractivity contribution is 5.95. The summed E-state index contributed by atoms with van der Waals surface area (Å²) < 4.78 is 13.6. The van der Waals surface area contributed by atoms with Crippen molar-refractivity contribution in [1.82, 2.24) is 19.9 Å². The zero-order chi connectivity index (χ0) is 22.1. The Balaban J connectivity index is 1.52. The summed E-state index contributed by atoms with van der Waals surface area (Å²) in [4.78, 5) is 28.0. The summed E-state index contributed by atoms with van der Waals surface area (Å²) in [5, 5.41) is 11.4. The molecule has 1 aliphatic heterocycles. The molecule has 0 spiro atoms. The van der Waals surface area contributed by atoms with Crippen molar-refractivity contribution in [3.63, 3.8) is 0 Å². The maximum absolute atomic E-state index is 13.7. The fourth-order valence-corrected chi connectivity index (χ4v) is 5.30. The average molecular weight is 432 g/mol. The molecule has 0 unspecified atom stereocenters. The first-order valence-corrected chi connectivity index (χ1v) is 11.1. The van der Waals surface area contributed by atoms with Gasteiger partial charge in [0.25, 0.3) is 5.91 Å². The number of benzene rings is 1. The summed E-state index contributed by atoms with van der Waals surface area (Å²) in [6, 6.07) is 9.48. The van der Waals surface area contributed by atoms with Gasteiger partial charge in [-0.15, -0.1) is 0 Å². The Labute approximate surface area is 186 Å². The lowest BCUT2D eigenvalue weighted by Gasteiger charge is -2.52. The SMILES string of the molecule is O=C(c1ccnc(-c2cncnc2)c1)N1CC[C@@]2(O)CCCC[C@H]2[C@@H]1c1ccc(F)cc1. The van der Waals surface area contributed by atoms with Crippen LogP contribution in [0.15, 0.2) is 61.3 Å². The number of hydrogen-bond acceptors (Lipinski definition) is 5. The van der Waals surface area contributed by atoms with E-state index in [4.69, 9.17) is 0 Å². The number of hydrogen-bond donors (Lipinski definition) is 1. The second-order valence-corrected chi connectivity index (χ2v) is 8.76. The van der Waals surface area contributed by atoms with Gasteiger partial charge in [0, 0.05) is 42.2 Å². The van der Waals surface area contributed by atoms with Gasteiger partial charge >= 0.3 is 0 Å². The Hall–Kier alpha value is -3.19. The van der Waals surface area contributed by atoms with Gasteiger partial charge < -0.3 is 10.0 Å². The van der Waals surface area contributed by atoms with Crippen LogP contribution in [0.25, 0.3) is 11.3 Å². The molecule has 2 aliphatic rings. The van der Waals surface area contributed by atoms with Crippen LogP contribution in [-0.2, 0) is 0 Å². The maximum Gasteiger partial charge on any atom is 0.254 e. The highest BCUT2D eigenvalue weighted by Gasteiger charge is 2.50. The van der Waals surface area contributed by atoms with Gasteiger partial charge in [-0.1, -0.05) is 25.0 Å². The number of aliphatic hydroxyl groups is 1. The number of amides is 1. The highest BCUT2D eigenvalue weighted by atomic mass is 19.1. The first-order valence-electron chi connectivity index (χ1n) is 11.1. The summed E-state index contributed by atoms with van der Waals surface area (Å²) >= 11 is 0. The Kier molecular flexibility index (Phi) is 5.43. The molecule has 1 amide bonds. The number of halogens is 1. The molecule has 1 aliphatic carbocycles. The standard InChI is InChI=1S/C25H25FN4O2/c26-20-6-4-17(5-7-20)23-21-3-1-2-9-25(21,32)10-12-30(23)24(31)18-8-11-29-22(13-18)19-14-27-16-28-15-19/h4-8,11,13-16,21,23,32H,1-3,9-10,12H2/t21-,23-,25-/m0/s1. The van der Waals surface area contributed by atoms with Gasteiger partial charge in [0.1, 0.15) is 12.1 Å². The quantitative estimate of drug-likeness (QED) is 0.672. The predicted octanol–water partition coefficient (Wildman–Crippen LogP) is 4.19. The summed E-state index contributed by atoms with van der Waals surface area (Å²) in [5.74, 6) is -0.513. The van der Waals surface area contributed by atoms with Gasteiger partial charge in [-0.2, -0.15) is 0 Å². The van der Waals surface area contributed by atoms with Crippen LogP contribution in [0.1, 0.15) is 54.1 Å². The van der Waals surface area contributed by atoms with Gasteiger partial charge in [-0.3, -0.25) is 9.78 Å². The van der Waals surface area contributed by atoms with Gasteiger partial charge in [0.15, 0.2) is 0 Å². The molecule has 5 rings (SSSR count). The van der Waals surface area contributed by atoms with Crippen molar-refractivity contribution < 1.29 is 14.3 Å². The molecular weight excluding hydrogens is 407 g/mol. The minimum Gasteiger partial charge on any atom is -0.389 e. The van der Waals surface area contributed by atoms with E-state index >= 15 is 0 Å². The fourth-order valence-electron chi connectivity index (χ4n) is 5.30. The Bertz CT molecular complexity index is 1110. The predicted molar refractivity (Wildman–Crippen MR) is 117 cm³/mol. The molecule has 0 bridgehead atoms. The number of fused-ring (bicyclic) bond motifs is 1. The first-order chi connectivity index (χ1) is 15.5. The molecule has 7 heteroatoms. The fraction of sp³-hybridized carbons (Fsp3) is 0.360. The third-order valence-corrected chi connectivity index (χ3v) is 6.90. The smallest absolute Gasteiger partial charge is 0.254 e. The molecule has 6 nitrogen and oxygen atoms in total. The molecule has 164 valence electrons. The Morgan fingerprint density at radius 2 is 1.88 bits per heavy atom. The number of nitrogens with zero attached hydrogens (tertiary/aromatic N) is 4. The third kappa shape index (κ3) is 3.77. The van der Waals surface area contributed by atoms with Crippen molar-refractivity contribution in [2.45, 2.75) is 43.7 Å². The number of carbonyl (C=O) groups is 1. The molecule has 3 heterocycles. The highest BCUT2D eigenvalue weighted by Crippen LogP contribution is 2.49. The van der Waals surface area contributed by atoms with Crippen molar-refractivity contribution in [3.8, 4) is 11.3 Å². The lowest BCUT2D eigenvalue weighted by Crippen LogP contribution is -2.56. The largest absolute Gasteiger partial charge is 0.389 e. The molecule has 0 radical (unpaired) electrons. The maximum atomic E-state index is 13.7. The van der Waals surface area contributed by atoms with Crippen molar-refractivity contribution in [3.05, 3.63) is 78.3 Å². The van der Waals surface area contributed by atoms with E-state index in [1.165, 1.54) is 18.5 Å². The van der Waals surface area contributed by atoms with Gasteiger partial charge in [-0.25, -0.2) is 14.4 Å². The molecular formula is C25H25FN4O2. The molecule has 1 aromatic carbocycles. The van der Waals surface area contributed by atoms with Crippen molar-refractivity contribution in [2.24, 2.45) is 5.92 Å². The van der Waals surface area contributed by atoms with E-state index in [-0.39, 0.29) is 23.7 Å². The lowest BCUT2D eigenvalue weighted by atomic mass is 9.66. The number of aromatic nitrogens is 3. The summed E-state index contributed by atoms with van der Waals surface area (Å²) in [7, 11) is 0. The van der Waals surface area contributed by atoms with Gasteiger partial charge in [0.05, 0.1) is 17.3 Å². The number of likely N-dealkylation sites (tertiary alicyclic amines) is 1. The average Bonchev–Trinajstić information content (AvgIpc) is 2.84. The minimum absolute atomic E-state index is 0.0803. The van der Waals surface area contributed by atoms with E-state index in [1.54, 1.807) is 42.9 Å². The topological polar surface area (TPSA) is 79.2 Å². The monoisotopic (exact) mass is 432 g/mol. The summed E-state index contributed by atoms with van der Waals surface area (Å²) in [6.45, 7) is 0.444. The van der Waals surface area contributed by atoms with Gasteiger partial charge in [-0.05, 0) is 49.1 Å². The zero-order valence-electron chi connectivity index (χ0n) is 17.7.